The number of hydrogen-bond donors (Lipinski definition) is 2. The minimum Gasteiger partial charge on any atom is -0.871 e. The molecule has 0 aliphatic heterocycles. The van der Waals surface area contributed by atoms with Gasteiger partial charge in [0, 0.05) is 11.0 Å². The molecule has 16 heteroatoms. The molecule has 0 saturated carbocycles. The Morgan fingerprint density at radius 1 is 0.912 bits per heavy atom. The Hall–Kier alpha value is -4.11. The van der Waals surface area contributed by atoms with E-state index in [1.165, 1.54) is 12.1 Å². The van der Waals surface area contributed by atoms with E-state index < -0.39 is 42.9 Å². The molecule has 0 spiro atoms. The first-order chi connectivity index (χ1) is 15.5. The molecule has 179 valence electrons. The van der Waals surface area contributed by atoms with Gasteiger partial charge >= 0.3 is 17.1 Å². The van der Waals surface area contributed by atoms with Crippen molar-refractivity contribution in [1.29, 1.82) is 0 Å². The first-order valence-corrected chi connectivity index (χ1v) is 10.1. The summed E-state index contributed by atoms with van der Waals surface area (Å²) in [5, 5.41) is 59.4. The molecule has 0 aliphatic rings. The van der Waals surface area contributed by atoms with Crippen LogP contribution in [0.25, 0.3) is 0 Å². The zero-order chi connectivity index (χ0) is 24.3. The molecule has 0 fully saturated rings. The van der Waals surface area contributed by atoms with Crippen LogP contribution in [-0.4, -0.2) is 23.0 Å². The third kappa shape index (κ3) is 5.81. The van der Waals surface area contributed by atoms with E-state index in [0.717, 1.165) is 36.4 Å². The summed E-state index contributed by atoms with van der Waals surface area (Å²) in [6.07, 6.45) is 0. The van der Waals surface area contributed by atoms with Gasteiger partial charge in [0.05, 0.1) is 22.0 Å². The van der Waals surface area contributed by atoms with Crippen LogP contribution in [0.1, 0.15) is 0 Å². The van der Waals surface area contributed by atoms with Gasteiger partial charge in [0.1, 0.15) is 27.2 Å². The number of aromatic hydroxyl groups is 1. The number of hydrogen-bond acceptors (Lipinski definition) is 13. The third-order valence-electron chi connectivity index (χ3n) is 4.03. The quantitative estimate of drug-likeness (QED) is 0.118. The average molecular weight is 535 g/mol. The number of azo groups is 2. The number of nitrogens with two attached hydrogens (primary N) is 1. The van der Waals surface area contributed by atoms with Crippen molar-refractivity contribution >= 4 is 44.2 Å². The van der Waals surface area contributed by atoms with Crippen LogP contribution < -0.4 is 15.9 Å². The Labute approximate surface area is 201 Å². The summed E-state index contributed by atoms with van der Waals surface area (Å²) < 4.78 is 33.3. The number of anilines is 1. The SMILES string of the molecule is Nc1cc(N=Nc2cc(N=Nc3cccc(S(=O)(=O)[O-])c3[O-])c([O-])cc2O)ccc1[N+](=O)[O-].[Cu+2]. The normalized spacial score (nSPS) is 11.6. The molecule has 0 aromatic heterocycles. The van der Waals surface area contributed by atoms with Gasteiger partial charge in [-0.1, -0.05) is 17.6 Å². The number of nitrogen functional groups attached to an aromatic ring is 1. The minimum absolute atomic E-state index is 0. The zero-order valence-electron chi connectivity index (χ0n) is 16.4. The third-order valence-corrected chi connectivity index (χ3v) is 4.89. The number of nitro benzene ring substituents is 1. The maximum Gasteiger partial charge on any atom is 2.00 e. The van der Waals surface area contributed by atoms with E-state index in [9.17, 15) is 38.4 Å². The van der Waals surface area contributed by atoms with Gasteiger partial charge in [0.25, 0.3) is 5.69 Å². The molecule has 0 atom stereocenters. The second kappa shape index (κ2) is 10.2. The largest absolute Gasteiger partial charge is 2.00 e. The van der Waals surface area contributed by atoms with Crippen molar-refractivity contribution in [3.05, 3.63) is 58.6 Å². The Morgan fingerprint density at radius 3 is 2.18 bits per heavy atom. The predicted octanol–water partition coefficient (Wildman–Crippen LogP) is 2.76. The van der Waals surface area contributed by atoms with Crippen LogP contribution in [0.15, 0.2) is 73.9 Å². The van der Waals surface area contributed by atoms with Crippen LogP contribution in [0.3, 0.4) is 0 Å². The molecule has 0 bridgehead atoms. The summed E-state index contributed by atoms with van der Waals surface area (Å²) in [7, 11) is -5.04. The Balaban J connectivity index is 0.00000408. The number of nitrogens with zero attached hydrogens (tertiary/aromatic N) is 5. The van der Waals surface area contributed by atoms with Gasteiger partial charge in [-0.2, -0.15) is 15.3 Å². The number of para-hydroxylation sites is 1. The molecule has 34 heavy (non-hydrogen) atoms. The maximum atomic E-state index is 12.1. The summed E-state index contributed by atoms with van der Waals surface area (Å²) in [6.45, 7) is 0. The molecule has 0 saturated heterocycles. The van der Waals surface area contributed by atoms with Crippen LogP contribution in [0.2, 0.25) is 0 Å². The van der Waals surface area contributed by atoms with Crippen LogP contribution in [0.4, 0.5) is 34.1 Å². The summed E-state index contributed by atoms with van der Waals surface area (Å²) in [5.74, 6) is -2.57. The molecule has 3 N–H and O–H groups in total. The Bertz CT molecular complexity index is 1430. The van der Waals surface area contributed by atoms with E-state index in [1.807, 2.05) is 0 Å². The van der Waals surface area contributed by atoms with E-state index in [-0.39, 0.29) is 45.5 Å². The number of nitro groups is 1. The van der Waals surface area contributed by atoms with Crippen molar-refractivity contribution in [3.63, 3.8) is 0 Å². The smallest absolute Gasteiger partial charge is 0.871 e. The molecule has 1 radical (unpaired) electrons. The van der Waals surface area contributed by atoms with Crippen molar-refractivity contribution in [2.75, 3.05) is 5.73 Å². The van der Waals surface area contributed by atoms with E-state index >= 15 is 0 Å². The van der Waals surface area contributed by atoms with Crippen molar-refractivity contribution in [2.24, 2.45) is 20.5 Å². The molecule has 3 aromatic rings. The Morgan fingerprint density at radius 2 is 1.56 bits per heavy atom. The molecule has 0 amide bonds. The number of rotatable bonds is 6. The van der Waals surface area contributed by atoms with Crippen molar-refractivity contribution < 1.29 is 50.3 Å². The predicted molar refractivity (Wildman–Crippen MR) is 107 cm³/mol. The van der Waals surface area contributed by atoms with Gasteiger partial charge in [-0.3, -0.25) is 10.1 Å². The number of phenols is 1. The second-order valence-corrected chi connectivity index (χ2v) is 7.62. The van der Waals surface area contributed by atoms with Gasteiger partial charge in [0.2, 0.25) is 0 Å². The molecule has 3 aromatic carbocycles. The van der Waals surface area contributed by atoms with Crippen molar-refractivity contribution in [1.82, 2.24) is 0 Å². The molecule has 14 nitrogen and oxygen atoms in total. The first-order valence-electron chi connectivity index (χ1n) is 8.64. The molecule has 0 aliphatic carbocycles. The summed E-state index contributed by atoms with van der Waals surface area (Å²) in [6, 6.07) is 8.28. The monoisotopic (exact) mass is 534 g/mol. The van der Waals surface area contributed by atoms with Gasteiger partial charge in [-0.05, 0) is 36.4 Å². The molecular formula is C18H11CuN6O8S-. The number of benzene rings is 3. The fourth-order valence-corrected chi connectivity index (χ4v) is 3.05. The summed E-state index contributed by atoms with van der Waals surface area (Å²) >= 11 is 0. The maximum absolute atomic E-state index is 12.1. The average Bonchev–Trinajstić information content (AvgIpc) is 2.72. The van der Waals surface area contributed by atoms with Crippen molar-refractivity contribution in [3.8, 4) is 17.2 Å². The summed E-state index contributed by atoms with van der Waals surface area (Å²) in [5.41, 5.74) is 4.04. The fraction of sp³-hybridized carbons (Fsp3) is 0. The summed E-state index contributed by atoms with van der Waals surface area (Å²) in [4.78, 5) is 9.10. The molecule has 0 heterocycles. The molecule has 3 rings (SSSR count). The zero-order valence-corrected chi connectivity index (χ0v) is 18.2. The van der Waals surface area contributed by atoms with E-state index in [0.29, 0.717) is 0 Å². The van der Waals surface area contributed by atoms with Gasteiger partial charge in [-0.15, -0.1) is 5.11 Å². The molecular weight excluding hydrogens is 524 g/mol. The molecule has 0 unspecified atom stereocenters. The van der Waals surface area contributed by atoms with Gasteiger partial charge < -0.3 is 25.6 Å². The topological polar surface area (TPSA) is 242 Å². The van der Waals surface area contributed by atoms with E-state index in [2.05, 4.69) is 20.5 Å². The Kier molecular flexibility index (Phi) is 7.86. The first kappa shape index (κ1) is 26.1. The van der Waals surface area contributed by atoms with Crippen LogP contribution in [0, 0.1) is 10.1 Å². The standard InChI is InChI=1S/C18H14N6O8S.Cu/c19-10-6-9(4-5-14(10)24(28)29)20-22-12-7-13(16(26)8-15(12)25)23-21-11-2-1-3-17(18(11)27)33(30,31)32;/h1-8,25-27H,19H2,(H,30,31,32);/q;+2/p-3. The van der Waals surface area contributed by atoms with Crippen LogP contribution in [0.5, 0.6) is 17.2 Å². The fourth-order valence-electron chi connectivity index (χ4n) is 2.47. The second-order valence-electron chi connectivity index (χ2n) is 6.27. The minimum atomic E-state index is -5.04. The van der Waals surface area contributed by atoms with E-state index in [4.69, 9.17) is 5.73 Å². The van der Waals surface area contributed by atoms with Crippen LogP contribution in [-0.2, 0) is 27.2 Å². The van der Waals surface area contributed by atoms with Gasteiger partial charge in [0.15, 0.2) is 0 Å². The number of phenolic OH excluding ortho intramolecular Hbond substituents is 1. The van der Waals surface area contributed by atoms with Crippen LogP contribution >= 0.6 is 0 Å². The van der Waals surface area contributed by atoms with E-state index in [1.54, 1.807) is 0 Å². The van der Waals surface area contributed by atoms with Crippen molar-refractivity contribution in [2.45, 2.75) is 4.90 Å². The van der Waals surface area contributed by atoms with Gasteiger partial charge in [-0.25, -0.2) is 8.42 Å².